The quantitative estimate of drug-likeness (QED) is 0.158. The lowest BCUT2D eigenvalue weighted by Crippen LogP contribution is -2.17. The van der Waals surface area contributed by atoms with Crippen molar-refractivity contribution in [2.45, 2.75) is 31.1 Å². The van der Waals surface area contributed by atoms with Crippen LogP contribution >= 0.6 is 0 Å². The van der Waals surface area contributed by atoms with E-state index in [0.717, 1.165) is 0 Å². The smallest absolute Gasteiger partial charge is 0.433 e. The zero-order valence-corrected chi connectivity index (χ0v) is 21.3. The Labute approximate surface area is 216 Å². The average Bonchev–Trinajstić information content (AvgIpc) is 2.90. The van der Waals surface area contributed by atoms with E-state index in [9.17, 15) is 26.4 Å². The number of aromatic nitrogens is 3. The SMILES string of the molecule is COc1ccc(-c2cc(C(F)(F)F)nc(S(=O)(=O)CCCC(=O)O/N=C(\C)c3ccncc3)n2)cc1OC. The molecule has 3 rings (SSSR count). The largest absolute Gasteiger partial charge is 0.493 e. The van der Waals surface area contributed by atoms with Crippen LogP contribution in [0.25, 0.3) is 11.3 Å². The fraction of sp³-hybridized carbons (Fsp3) is 0.292. The van der Waals surface area contributed by atoms with Gasteiger partial charge in [-0.2, -0.15) is 13.2 Å². The molecule has 0 bridgehead atoms. The Bertz CT molecular complexity index is 1430. The van der Waals surface area contributed by atoms with Crippen LogP contribution in [0.2, 0.25) is 0 Å². The normalized spacial score (nSPS) is 12.2. The summed E-state index contributed by atoms with van der Waals surface area (Å²) in [4.78, 5) is 27.8. The molecule has 10 nitrogen and oxygen atoms in total. The number of carbonyl (C=O) groups is 1. The summed E-state index contributed by atoms with van der Waals surface area (Å²) in [5.74, 6) is -0.977. The number of hydrogen-bond acceptors (Lipinski definition) is 10. The first-order chi connectivity index (χ1) is 17.9. The lowest BCUT2D eigenvalue weighted by molar-refractivity contribution is -0.143. The molecule has 0 radical (unpaired) electrons. The van der Waals surface area contributed by atoms with Gasteiger partial charge in [0.05, 0.1) is 31.4 Å². The van der Waals surface area contributed by atoms with Crippen molar-refractivity contribution in [3.8, 4) is 22.8 Å². The van der Waals surface area contributed by atoms with Gasteiger partial charge in [-0.3, -0.25) is 4.98 Å². The van der Waals surface area contributed by atoms with E-state index in [1.165, 1.54) is 44.8 Å². The Hall–Kier alpha value is -4.07. The van der Waals surface area contributed by atoms with E-state index in [4.69, 9.17) is 14.3 Å². The van der Waals surface area contributed by atoms with Gasteiger partial charge in [-0.05, 0) is 49.7 Å². The van der Waals surface area contributed by atoms with E-state index in [2.05, 4.69) is 20.1 Å². The van der Waals surface area contributed by atoms with Crippen molar-refractivity contribution in [2.24, 2.45) is 5.16 Å². The molecule has 0 saturated heterocycles. The molecule has 0 amide bonds. The number of pyridine rings is 1. The molecule has 2 aromatic heterocycles. The van der Waals surface area contributed by atoms with Crippen molar-refractivity contribution in [3.63, 3.8) is 0 Å². The van der Waals surface area contributed by atoms with Crippen LogP contribution in [0.15, 0.2) is 59.1 Å². The summed E-state index contributed by atoms with van der Waals surface area (Å²) in [7, 11) is -1.67. The summed E-state index contributed by atoms with van der Waals surface area (Å²) in [5, 5.41) is 2.68. The molecule has 0 spiro atoms. The summed E-state index contributed by atoms with van der Waals surface area (Å²) in [6.07, 6.45) is -2.47. The van der Waals surface area contributed by atoms with Crippen molar-refractivity contribution < 1.29 is 40.7 Å². The minimum absolute atomic E-state index is 0.151. The third kappa shape index (κ3) is 7.25. The van der Waals surface area contributed by atoms with Gasteiger partial charge in [-0.1, -0.05) is 5.16 Å². The molecule has 0 saturated carbocycles. The number of halogens is 3. The maximum Gasteiger partial charge on any atom is 0.433 e. The molecule has 0 atom stereocenters. The van der Waals surface area contributed by atoms with Crippen molar-refractivity contribution in [1.29, 1.82) is 0 Å². The van der Waals surface area contributed by atoms with Gasteiger partial charge in [0.15, 0.2) is 11.5 Å². The zero-order valence-electron chi connectivity index (χ0n) is 20.5. The first kappa shape index (κ1) is 28.5. The topological polar surface area (TPSA) is 130 Å². The van der Waals surface area contributed by atoms with Gasteiger partial charge >= 0.3 is 12.1 Å². The molecule has 0 unspecified atom stereocenters. The summed E-state index contributed by atoms with van der Waals surface area (Å²) in [6, 6.07) is 8.17. The van der Waals surface area contributed by atoms with Crippen LogP contribution in [-0.2, 0) is 25.6 Å². The third-order valence-corrected chi connectivity index (χ3v) is 6.70. The van der Waals surface area contributed by atoms with E-state index in [1.807, 2.05) is 0 Å². The highest BCUT2D eigenvalue weighted by atomic mass is 32.2. The Morgan fingerprint density at radius 2 is 1.68 bits per heavy atom. The number of sulfone groups is 1. The van der Waals surface area contributed by atoms with Crippen LogP contribution < -0.4 is 9.47 Å². The Balaban J connectivity index is 1.78. The summed E-state index contributed by atoms with van der Waals surface area (Å²) >= 11 is 0. The van der Waals surface area contributed by atoms with Gasteiger partial charge in [-0.15, -0.1) is 0 Å². The first-order valence-electron chi connectivity index (χ1n) is 11.0. The average molecular weight is 553 g/mol. The highest BCUT2D eigenvalue weighted by molar-refractivity contribution is 7.91. The lowest BCUT2D eigenvalue weighted by atomic mass is 10.1. The molecule has 202 valence electrons. The Kier molecular flexibility index (Phi) is 8.99. The van der Waals surface area contributed by atoms with Crippen LogP contribution in [0.4, 0.5) is 13.2 Å². The minimum Gasteiger partial charge on any atom is -0.493 e. The van der Waals surface area contributed by atoms with Gasteiger partial charge in [0.25, 0.3) is 0 Å². The summed E-state index contributed by atoms with van der Waals surface area (Å²) < 4.78 is 76.6. The number of methoxy groups -OCH3 is 2. The van der Waals surface area contributed by atoms with E-state index in [1.54, 1.807) is 19.1 Å². The number of nitrogens with zero attached hydrogens (tertiary/aromatic N) is 4. The molecular formula is C24H23F3N4O6S. The molecule has 0 aliphatic carbocycles. The van der Waals surface area contributed by atoms with Crippen LogP contribution in [0.1, 0.15) is 31.0 Å². The molecule has 0 aliphatic rings. The number of oxime groups is 1. The number of carbonyl (C=O) groups excluding carboxylic acids is 1. The molecule has 38 heavy (non-hydrogen) atoms. The Morgan fingerprint density at radius 1 is 1.00 bits per heavy atom. The summed E-state index contributed by atoms with van der Waals surface area (Å²) in [6.45, 7) is 1.61. The van der Waals surface area contributed by atoms with Gasteiger partial charge in [0.2, 0.25) is 15.0 Å². The highest BCUT2D eigenvalue weighted by Crippen LogP contribution is 2.35. The number of ether oxygens (including phenoxy) is 2. The molecule has 0 fully saturated rings. The summed E-state index contributed by atoms with van der Waals surface area (Å²) in [5.41, 5.74) is -0.503. The van der Waals surface area contributed by atoms with Crippen LogP contribution in [0, 0.1) is 0 Å². The van der Waals surface area contributed by atoms with Gasteiger partial charge in [0, 0.05) is 29.9 Å². The maximum absolute atomic E-state index is 13.5. The number of hydrogen-bond donors (Lipinski definition) is 0. The molecule has 1 aromatic carbocycles. The standard InChI is InChI=1S/C24H23F3N4O6S/c1-15(16-8-10-28-11-9-16)31-37-22(32)5-4-12-38(33,34)23-29-18(14-21(30-23)24(25,26)27)17-6-7-19(35-2)20(13-17)36-3/h6-11,13-14H,4-5,12H2,1-3H3/b31-15+. The van der Waals surface area contributed by atoms with E-state index >= 15 is 0 Å². The van der Waals surface area contributed by atoms with E-state index in [-0.39, 0.29) is 29.8 Å². The second-order valence-corrected chi connectivity index (χ2v) is 9.79. The minimum atomic E-state index is -4.94. The fourth-order valence-corrected chi connectivity index (χ4v) is 4.34. The predicted octanol–water partition coefficient (Wildman–Crippen LogP) is 4.10. The number of rotatable bonds is 10. The molecule has 0 N–H and O–H groups in total. The second-order valence-electron chi connectivity index (χ2n) is 7.79. The monoisotopic (exact) mass is 552 g/mol. The molecule has 3 aromatic rings. The van der Waals surface area contributed by atoms with Crippen molar-refractivity contribution in [1.82, 2.24) is 15.0 Å². The molecule has 2 heterocycles. The molecular weight excluding hydrogens is 529 g/mol. The lowest BCUT2D eigenvalue weighted by Gasteiger charge is -2.13. The van der Waals surface area contributed by atoms with Crippen LogP contribution in [-0.4, -0.2) is 55.0 Å². The fourth-order valence-electron chi connectivity index (χ4n) is 3.16. The first-order valence-corrected chi connectivity index (χ1v) is 12.7. The molecule has 0 aliphatic heterocycles. The van der Waals surface area contributed by atoms with Crippen molar-refractivity contribution in [2.75, 3.05) is 20.0 Å². The Morgan fingerprint density at radius 3 is 2.32 bits per heavy atom. The highest BCUT2D eigenvalue weighted by Gasteiger charge is 2.35. The predicted molar refractivity (Wildman–Crippen MR) is 129 cm³/mol. The van der Waals surface area contributed by atoms with Crippen LogP contribution in [0.5, 0.6) is 11.5 Å². The van der Waals surface area contributed by atoms with Crippen LogP contribution in [0.3, 0.4) is 0 Å². The van der Waals surface area contributed by atoms with Crippen molar-refractivity contribution >= 4 is 21.5 Å². The van der Waals surface area contributed by atoms with Gasteiger partial charge < -0.3 is 14.3 Å². The van der Waals surface area contributed by atoms with Gasteiger partial charge in [0.1, 0.15) is 5.69 Å². The second kappa shape index (κ2) is 12.0. The van der Waals surface area contributed by atoms with E-state index < -0.39 is 38.6 Å². The number of benzene rings is 1. The van der Waals surface area contributed by atoms with Crippen molar-refractivity contribution in [3.05, 3.63) is 60.0 Å². The third-order valence-electron chi connectivity index (χ3n) is 5.13. The van der Waals surface area contributed by atoms with E-state index in [0.29, 0.717) is 23.1 Å². The zero-order chi connectivity index (χ0) is 27.9. The number of alkyl halides is 3. The maximum atomic E-state index is 13.5. The van der Waals surface area contributed by atoms with Gasteiger partial charge in [-0.25, -0.2) is 23.2 Å². The molecule has 14 heteroatoms.